The molecule has 0 saturated carbocycles. The van der Waals surface area contributed by atoms with Crippen LogP contribution >= 0.6 is 11.8 Å². The third-order valence-corrected chi connectivity index (χ3v) is 4.14. The third kappa shape index (κ3) is 2.68. The van der Waals surface area contributed by atoms with Crippen LogP contribution in [0, 0.1) is 0 Å². The number of rotatable bonds is 3. The van der Waals surface area contributed by atoms with Crippen LogP contribution in [0.25, 0.3) is 5.95 Å². The molecular formula is C11H16N8S. The quantitative estimate of drug-likeness (QED) is 0.615. The Morgan fingerprint density at radius 3 is 2.90 bits per heavy atom. The topological polar surface area (TPSA) is 97.8 Å². The van der Waals surface area contributed by atoms with Gasteiger partial charge in [0.1, 0.15) is 6.33 Å². The average Bonchev–Trinajstić information content (AvgIpc) is 3.01. The van der Waals surface area contributed by atoms with Crippen molar-refractivity contribution in [2.24, 2.45) is 5.84 Å². The van der Waals surface area contributed by atoms with Crippen molar-refractivity contribution in [3.8, 4) is 5.95 Å². The zero-order chi connectivity index (χ0) is 13.9. The molecular weight excluding hydrogens is 276 g/mol. The van der Waals surface area contributed by atoms with Crippen LogP contribution in [0.3, 0.4) is 0 Å². The summed E-state index contributed by atoms with van der Waals surface area (Å²) in [5, 5.41) is 0.562. The molecule has 2 aromatic rings. The molecule has 0 aromatic carbocycles. The van der Waals surface area contributed by atoms with E-state index in [1.54, 1.807) is 23.3 Å². The Balaban J connectivity index is 1.96. The van der Waals surface area contributed by atoms with E-state index in [0.717, 1.165) is 18.8 Å². The normalized spacial score (nSPS) is 19.1. The third-order valence-electron chi connectivity index (χ3n) is 3.00. The molecule has 106 valence electrons. The number of nitrogens with one attached hydrogen (secondary N) is 1. The Bertz CT molecular complexity index is 572. The maximum absolute atomic E-state index is 5.45. The Hall–Kier alpha value is -1.87. The van der Waals surface area contributed by atoms with Crippen molar-refractivity contribution < 1.29 is 0 Å². The Labute approximate surface area is 120 Å². The monoisotopic (exact) mass is 292 g/mol. The number of nitrogens with zero attached hydrogens (tertiary/aromatic N) is 6. The molecule has 1 saturated heterocycles. The standard InChI is InChI=1S/C11H16N8S/c1-8-6-18(4-5-20-8)10-14-9(17-12)15-11(16-10)19-3-2-13-7-19/h2-3,7-8H,4-6,12H2,1H3,(H,14,15,16,17). The lowest BCUT2D eigenvalue weighted by molar-refractivity contribution is 0.742. The van der Waals surface area contributed by atoms with Crippen molar-refractivity contribution in [3.63, 3.8) is 0 Å². The number of nitrogen functional groups attached to an aromatic ring is 1. The minimum absolute atomic E-state index is 0.351. The molecule has 8 nitrogen and oxygen atoms in total. The van der Waals surface area contributed by atoms with Crippen molar-refractivity contribution in [3.05, 3.63) is 18.7 Å². The molecule has 1 unspecified atom stereocenters. The first-order valence-corrected chi connectivity index (χ1v) is 7.38. The van der Waals surface area contributed by atoms with Gasteiger partial charge in [-0.2, -0.15) is 26.7 Å². The van der Waals surface area contributed by atoms with Crippen LogP contribution in [0.1, 0.15) is 6.92 Å². The van der Waals surface area contributed by atoms with Gasteiger partial charge in [-0.15, -0.1) is 0 Å². The number of hydrogen-bond donors (Lipinski definition) is 2. The van der Waals surface area contributed by atoms with Crippen LogP contribution in [-0.4, -0.2) is 48.6 Å². The number of aromatic nitrogens is 5. The molecule has 20 heavy (non-hydrogen) atoms. The van der Waals surface area contributed by atoms with Crippen LogP contribution in [-0.2, 0) is 0 Å². The Morgan fingerprint density at radius 2 is 2.20 bits per heavy atom. The first-order chi connectivity index (χ1) is 9.76. The zero-order valence-electron chi connectivity index (χ0n) is 11.1. The summed E-state index contributed by atoms with van der Waals surface area (Å²) >= 11 is 1.96. The van der Waals surface area contributed by atoms with Crippen LogP contribution < -0.4 is 16.2 Å². The molecule has 0 spiro atoms. The number of hydrazine groups is 1. The van der Waals surface area contributed by atoms with Crippen molar-refractivity contribution in [1.29, 1.82) is 0 Å². The molecule has 0 bridgehead atoms. The van der Waals surface area contributed by atoms with E-state index in [4.69, 9.17) is 5.84 Å². The first-order valence-electron chi connectivity index (χ1n) is 6.34. The molecule has 0 amide bonds. The fourth-order valence-electron chi connectivity index (χ4n) is 2.05. The lowest BCUT2D eigenvalue weighted by Gasteiger charge is -2.30. The fourth-order valence-corrected chi connectivity index (χ4v) is 3.07. The second-order valence-electron chi connectivity index (χ2n) is 4.50. The molecule has 3 heterocycles. The highest BCUT2D eigenvalue weighted by atomic mass is 32.2. The highest BCUT2D eigenvalue weighted by Crippen LogP contribution is 2.22. The molecule has 3 rings (SSSR count). The van der Waals surface area contributed by atoms with E-state index >= 15 is 0 Å². The van der Waals surface area contributed by atoms with Crippen molar-refractivity contribution in [2.45, 2.75) is 12.2 Å². The highest BCUT2D eigenvalue weighted by Gasteiger charge is 2.20. The number of imidazole rings is 1. The summed E-state index contributed by atoms with van der Waals surface area (Å²) in [6.07, 6.45) is 5.11. The molecule has 1 atom stereocenters. The van der Waals surface area contributed by atoms with Crippen LogP contribution in [0.15, 0.2) is 18.7 Å². The summed E-state index contributed by atoms with van der Waals surface area (Å²) in [6, 6.07) is 0. The van der Waals surface area contributed by atoms with Gasteiger partial charge in [0.25, 0.3) is 0 Å². The molecule has 9 heteroatoms. The number of hydrogen-bond acceptors (Lipinski definition) is 8. The smallest absolute Gasteiger partial charge is 0.243 e. The van der Waals surface area contributed by atoms with E-state index in [1.807, 2.05) is 11.8 Å². The van der Waals surface area contributed by atoms with Crippen molar-refractivity contribution >= 4 is 23.7 Å². The maximum Gasteiger partial charge on any atom is 0.243 e. The maximum atomic E-state index is 5.45. The predicted molar refractivity (Wildman–Crippen MR) is 78.9 cm³/mol. The van der Waals surface area contributed by atoms with Gasteiger partial charge in [-0.05, 0) is 0 Å². The SMILES string of the molecule is CC1CN(c2nc(NN)nc(-n3ccnc3)n2)CCS1. The number of thioether (sulfide) groups is 1. The Kier molecular flexibility index (Phi) is 3.70. The second kappa shape index (κ2) is 5.63. The number of anilines is 2. The Morgan fingerprint density at radius 1 is 1.35 bits per heavy atom. The van der Waals surface area contributed by atoms with Crippen LogP contribution in [0.5, 0.6) is 0 Å². The molecule has 1 fully saturated rings. The molecule has 2 aromatic heterocycles. The van der Waals surface area contributed by atoms with E-state index in [1.165, 1.54) is 0 Å². The van der Waals surface area contributed by atoms with Gasteiger partial charge < -0.3 is 4.90 Å². The second-order valence-corrected chi connectivity index (χ2v) is 6.05. The molecule has 1 aliphatic heterocycles. The summed E-state index contributed by atoms with van der Waals surface area (Å²) in [5.74, 6) is 8.02. The van der Waals surface area contributed by atoms with Gasteiger partial charge in [-0.25, -0.2) is 10.8 Å². The molecule has 3 N–H and O–H groups in total. The fraction of sp³-hybridized carbons (Fsp3) is 0.455. The molecule has 1 aliphatic rings. The van der Waals surface area contributed by atoms with Crippen LogP contribution in [0.2, 0.25) is 0 Å². The lowest BCUT2D eigenvalue weighted by atomic mass is 10.4. The van der Waals surface area contributed by atoms with Gasteiger partial charge in [0.05, 0.1) is 0 Å². The van der Waals surface area contributed by atoms with E-state index in [2.05, 4.69) is 37.2 Å². The summed E-state index contributed by atoms with van der Waals surface area (Å²) in [4.78, 5) is 19.2. The summed E-state index contributed by atoms with van der Waals surface area (Å²) < 4.78 is 1.73. The van der Waals surface area contributed by atoms with E-state index < -0.39 is 0 Å². The predicted octanol–water partition coefficient (Wildman–Crippen LogP) is 0.285. The van der Waals surface area contributed by atoms with Gasteiger partial charge in [-0.1, -0.05) is 6.92 Å². The summed E-state index contributed by atoms with van der Waals surface area (Å²) in [5.41, 5.74) is 2.49. The first kappa shape index (κ1) is 13.1. The van der Waals surface area contributed by atoms with Gasteiger partial charge in [0, 0.05) is 36.5 Å². The average molecular weight is 292 g/mol. The van der Waals surface area contributed by atoms with Gasteiger partial charge >= 0.3 is 0 Å². The minimum Gasteiger partial charge on any atom is -0.339 e. The van der Waals surface area contributed by atoms with E-state index in [9.17, 15) is 0 Å². The van der Waals surface area contributed by atoms with Crippen molar-refractivity contribution in [2.75, 3.05) is 29.2 Å². The van der Waals surface area contributed by atoms with Crippen molar-refractivity contribution in [1.82, 2.24) is 24.5 Å². The van der Waals surface area contributed by atoms with Gasteiger partial charge in [0.15, 0.2) is 0 Å². The van der Waals surface area contributed by atoms with Crippen LogP contribution in [0.4, 0.5) is 11.9 Å². The molecule has 0 aliphatic carbocycles. The zero-order valence-corrected chi connectivity index (χ0v) is 11.9. The van der Waals surface area contributed by atoms with Gasteiger partial charge in [0.2, 0.25) is 17.8 Å². The summed E-state index contributed by atoms with van der Waals surface area (Å²) in [6.45, 7) is 4.05. The van der Waals surface area contributed by atoms with E-state index in [-0.39, 0.29) is 0 Å². The largest absolute Gasteiger partial charge is 0.339 e. The lowest BCUT2D eigenvalue weighted by Crippen LogP contribution is -2.38. The van der Waals surface area contributed by atoms with Gasteiger partial charge in [-0.3, -0.25) is 9.99 Å². The number of nitrogens with two attached hydrogens (primary N) is 1. The van der Waals surface area contributed by atoms with E-state index in [0.29, 0.717) is 23.1 Å². The minimum atomic E-state index is 0.351. The summed E-state index contributed by atoms with van der Waals surface area (Å²) in [7, 11) is 0. The highest BCUT2D eigenvalue weighted by molar-refractivity contribution is 8.00. The molecule has 0 radical (unpaired) electrons.